The van der Waals surface area contributed by atoms with E-state index >= 15 is 0 Å². The van der Waals surface area contributed by atoms with Crippen molar-refractivity contribution in [1.29, 1.82) is 0 Å². The lowest BCUT2D eigenvalue weighted by atomic mass is 10.1. The van der Waals surface area contributed by atoms with Crippen molar-refractivity contribution < 1.29 is 17.3 Å². The molecule has 0 atom stereocenters. The molecule has 2 aromatic heterocycles. The van der Waals surface area contributed by atoms with Crippen molar-refractivity contribution in [2.45, 2.75) is 25.7 Å². The monoisotopic (exact) mass is 716 g/mol. The van der Waals surface area contributed by atoms with Crippen molar-refractivity contribution in [1.82, 2.24) is 0 Å². The number of fused-ring (bicyclic) bond motifs is 2. The van der Waals surface area contributed by atoms with E-state index in [1.165, 1.54) is 16.4 Å². The van der Waals surface area contributed by atoms with Gasteiger partial charge >= 0.3 is 11.3 Å². The first-order valence-corrected chi connectivity index (χ1v) is 16.8. The summed E-state index contributed by atoms with van der Waals surface area (Å²) in [5.41, 5.74) is 4.36. The Balaban J connectivity index is 0.000000216. The number of nitrogens with zero attached hydrogens (tertiary/aromatic N) is 1. The van der Waals surface area contributed by atoms with Gasteiger partial charge in [0.25, 0.3) is 10.0 Å². The van der Waals surface area contributed by atoms with Gasteiger partial charge in [0.1, 0.15) is 11.2 Å². The average Bonchev–Trinajstić information content (AvgIpc) is 2.94. The normalized spacial score (nSPS) is 11.3. The van der Waals surface area contributed by atoms with E-state index < -0.39 is 15.6 Å². The number of hydrogen-bond acceptors (Lipinski definition) is 7. The molecule has 0 radical (unpaired) electrons. The van der Waals surface area contributed by atoms with E-state index in [9.17, 15) is 18.0 Å². The number of alkyl halides is 2. The Bertz CT molecular complexity index is 1940. The van der Waals surface area contributed by atoms with E-state index in [0.29, 0.717) is 22.2 Å². The van der Waals surface area contributed by atoms with Crippen molar-refractivity contribution in [2.75, 3.05) is 33.4 Å². The maximum absolute atomic E-state index is 13.1. The lowest BCUT2D eigenvalue weighted by Crippen LogP contribution is -2.32. The zero-order valence-electron chi connectivity index (χ0n) is 23.3. The minimum absolute atomic E-state index is 0.217. The van der Waals surface area contributed by atoms with Gasteiger partial charge in [0.15, 0.2) is 0 Å². The largest absolute Gasteiger partial charge is 0.423 e. The van der Waals surface area contributed by atoms with E-state index in [1.54, 1.807) is 42.5 Å². The van der Waals surface area contributed by atoms with Crippen molar-refractivity contribution in [2.24, 2.45) is 0 Å². The number of sulfonamides is 1. The third-order valence-corrected chi connectivity index (χ3v) is 9.09. The van der Waals surface area contributed by atoms with E-state index in [2.05, 4.69) is 37.2 Å². The summed E-state index contributed by atoms with van der Waals surface area (Å²) in [6, 6.07) is 20.5. The summed E-state index contributed by atoms with van der Waals surface area (Å²) in [5.74, 6) is 0. The predicted molar refractivity (Wildman–Crippen MR) is 176 cm³/mol. The van der Waals surface area contributed by atoms with Crippen LogP contribution in [0.4, 0.5) is 11.4 Å². The minimum Gasteiger partial charge on any atom is -0.423 e. The summed E-state index contributed by atoms with van der Waals surface area (Å²) in [6.07, 6.45) is 0. The standard InChI is InChI=1S/C19H18BrNO4S.C12H12BrNO2/c1-13-3-6-16(7-4-13)26(23,24)21(10-9-20)15-5-8-17-14(2)11-19(22)25-18(17)12-15;1-8-6-12(15)16-11-7-9(14-5-4-13)2-3-10(8)11/h3-8,11-12H,9-10H2,1-2H3;2-3,6-7,14H,4-5H2,1H3. The molecule has 3 aromatic carbocycles. The topological polar surface area (TPSA) is 110 Å². The van der Waals surface area contributed by atoms with Crippen molar-refractivity contribution in [3.8, 4) is 0 Å². The third kappa shape index (κ3) is 7.32. The number of benzene rings is 3. The molecule has 0 aliphatic heterocycles. The molecule has 0 fully saturated rings. The van der Waals surface area contributed by atoms with Crippen LogP contribution in [0.1, 0.15) is 16.7 Å². The van der Waals surface area contributed by atoms with Gasteiger partial charge in [-0.3, -0.25) is 4.31 Å². The molecule has 0 aliphatic carbocycles. The van der Waals surface area contributed by atoms with Gasteiger partial charge in [-0.05, 0) is 68.3 Å². The Morgan fingerprint density at radius 1 is 0.738 bits per heavy atom. The van der Waals surface area contributed by atoms with Crippen molar-refractivity contribution in [3.05, 3.63) is 110 Å². The van der Waals surface area contributed by atoms with Gasteiger partial charge in [0.05, 0.1) is 10.6 Å². The summed E-state index contributed by atoms with van der Waals surface area (Å²) >= 11 is 6.66. The van der Waals surface area contributed by atoms with Crippen LogP contribution >= 0.6 is 31.9 Å². The SMILES string of the molecule is Cc1cc(=O)oc2cc(NCCBr)ccc12.Cc1ccc(S(=O)(=O)N(CCBr)c2ccc3c(C)cc(=O)oc3c2)cc1. The van der Waals surface area contributed by atoms with Gasteiger partial charge < -0.3 is 14.2 Å². The fourth-order valence-electron chi connectivity index (χ4n) is 4.40. The van der Waals surface area contributed by atoms with Crippen molar-refractivity contribution in [3.63, 3.8) is 0 Å². The third-order valence-electron chi connectivity index (χ3n) is 6.49. The highest BCUT2D eigenvalue weighted by molar-refractivity contribution is 9.09. The molecule has 5 aromatic rings. The number of aryl methyl sites for hydroxylation is 3. The number of anilines is 2. The highest BCUT2D eigenvalue weighted by Gasteiger charge is 2.25. The molecule has 2 heterocycles. The second kappa shape index (κ2) is 13.7. The maximum atomic E-state index is 13.1. The quantitative estimate of drug-likeness (QED) is 0.137. The van der Waals surface area contributed by atoms with Crippen LogP contribution < -0.4 is 20.9 Å². The first-order valence-electron chi connectivity index (χ1n) is 13.1. The van der Waals surface area contributed by atoms with Crippen LogP contribution in [0, 0.1) is 20.8 Å². The summed E-state index contributed by atoms with van der Waals surface area (Å²) in [5, 5.41) is 6.31. The first kappa shape index (κ1) is 31.5. The fourth-order valence-corrected chi connectivity index (χ4v) is 6.64. The Labute approximate surface area is 260 Å². The van der Waals surface area contributed by atoms with E-state index in [4.69, 9.17) is 8.83 Å². The summed E-state index contributed by atoms with van der Waals surface area (Å²) < 4.78 is 38.0. The van der Waals surface area contributed by atoms with Gasteiger partial charge in [-0.25, -0.2) is 18.0 Å². The molecule has 0 unspecified atom stereocenters. The van der Waals surface area contributed by atoms with Crippen LogP contribution in [0.2, 0.25) is 0 Å². The van der Waals surface area contributed by atoms with E-state index in [-0.39, 0.29) is 17.1 Å². The second-order valence-corrected chi connectivity index (χ2v) is 13.0. The van der Waals surface area contributed by atoms with Crippen LogP contribution in [-0.4, -0.2) is 32.2 Å². The lowest BCUT2D eigenvalue weighted by molar-refractivity contribution is 0.559. The Morgan fingerprint density at radius 3 is 1.88 bits per heavy atom. The minimum atomic E-state index is -3.74. The molecule has 8 nitrogen and oxygen atoms in total. The molecule has 220 valence electrons. The van der Waals surface area contributed by atoms with Gasteiger partial charge in [-0.15, -0.1) is 0 Å². The molecule has 42 heavy (non-hydrogen) atoms. The highest BCUT2D eigenvalue weighted by atomic mass is 79.9. The molecule has 0 saturated heterocycles. The average molecular weight is 718 g/mol. The van der Waals surface area contributed by atoms with Crippen molar-refractivity contribution >= 4 is 75.2 Å². The fraction of sp³-hybridized carbons (Fsp3) is 0.226. The molecule has 11 heteroatoms. The number of hydrogen-bond donors (Lipinski definition) is 1. The molecule has 0 aliphatic rings. The smallest absolute Gasteiger partial charge is 0.336 e. The van der Waals surface area contributed by atoms with Crippen LogP contribution in [0.25, 0.3) is 21.9 Å². The van der Waals surface area contributed by atoms with E-state index in [0.717, 1.165) is 45.0 Å². The first-order chi connectivity index (χ1) is 20.0. The molecule has 5 rings (SSSR count). The zero-order valence-corrected chi connectivity index (χ0v) is 27.3. The predicted octanol–water partition coefficient (Wildman–Crippen LogP) is 6.91. The van der Waals surface area contributed by atoms with E-state index in [1.807, 2.05) is 39.0 Å². The van der Waals surface area contributed by atoms with Crippen LogP contribution in [0.5, 0.6) is 0 Å². The number of nitrogens with one attached hydrogen (secondary N) is 1. The molecular formula is C31H30Br2N2O6S. The van der Waals surface area contributed by atoms with Gasteiger partial charge in [0.2, 0.25) is 0 Å². The molecule has 0 bridgehead atoms. The molecule has 0 amide bonds. The molecular weight excluding hydrogens is 688 g/mol. The van der Waals surface area contributed by atoms with Crippen LogP contribution in [-0.2, 0) is 10.0 Å². The lowest BCUT2D eigenvalue weighted by Gasteiger charge is -2.24. The molecule has 0 spiro atoms. The van der Waals surface area contributed by atoms with Crippen LogP contribution in [0.15, 0.2) is 96.1 Å². The van der Waals surface area contributed by atoms with Crippen LogP contribution in [0.3, 0.4) is 0 Å². The Hall–Kier alpha value is -3.41. The summed E-state index contributed by atoms with van der Waals surface area (Å²) in [7, 11) is -3.74. The van der Waals surface area contributed by atoms with Gasteiger partial charge in [0, 0.05) is 64.5 Å². The molecule has 0 saturated carbocycles. The number of halogens is 2. The van der Waals surface area contributed by atoms with Gasteiger partial charge in [-0.2, -0.15) is 0 Å². The zero-order chi connectivity index (χ0) is 30.4. The highest BCUT2D eigenvalue weighted by Crippen LogP contribution is 2.28. The summed E-state index contributed by atoms with van der Waals surface area (Å²) in [6.45, 7) is 6.71. The Kier molecular flexibility index (Phi) is 10.3. The molecule has 1 N–H and O–H groups in total. The van der Waals surface area contributed by atoms with Gasteiger partial charge in [-0.1, -0.05) is 49.6 Å². The maximum Gasteiger partial charge on any atom is 0.336 e. The summed E-state index contributed by atoms with van der Waals surface area (Å²) in [4.78, 5) is 23.1. The second-order valence-electron chi connectivity index (χ2n) is 9.58. The Morgan fingerprint density at radius 2 is 1.31 bits per heavy atom. The number of rotatable bonds is 8.